The standard InChI is InChI=1S/C19H25NO/c1-13-11-17(12-14(2)19(13)21-5)18(20-4)15(3)16-9-7-6-8-10-16/h6-12,15,18,20H,1-5H3. The van der Waals surface area contributed by atoms with Gasteiger partial charge in [0.15, 0.2) is 0 Å². The van der Waals surface area contributed by atoms with Crippen molar-refractivity contribution < 1.29 is 4.74 Å². The van der Waals surface area contributed by atoms with Crippen LogP contribution in [0.1, 0.15) is 41.1 Å². The van der Waals surface area contributed by atoms with E-state index in [0.29, 0.717) is 5.92 Å². The van der Waals surface area contributed by atoms with E-state index in [9.17, 15) is 0 Å². The van der Waals surface area contributed by atoms with E-state index in [0.717, 1.165) is 5.75 Å². The molecule has 2 unspecified atom stereocenters. The van der Waals surface area contributed by atoms with E-state index in [1.165, 1.54) is 22.3 Å². The van der Waals surface area contributed by atoms with Gasteiger partial charge in [-0.05, 0) is 43.1 Å². The summed E-state index contributed by atoms with van der Waals surface area (Å²) in [5.41, 5.74) is 5.04. The van der Waals surface area contributed by atoms with Crippen molar-refractivity contribution in [3.05, 3.63) is 64.7 Å². The van der Waals surface area contributed by atoms with Crippen molar-refractivity contribution in [1.29, 1.82) is 0 Å². The molecule has 2 aromatic rings. The number of rotatable bonds is 5. The highest BCUT2D eigenvalue weighted by Crippen LogP contribution is 2.34. The largest absolute Gasteiger partial charge is 0.496 e. The van der Waals surface area contributed by atoms with Crippen LogP contribution in [0.15, 0.2) is 42.5 Å². The Morgan fingerprint density at radius 2 is 1.52 bits per heavy atom. The Morgan fingerprint density at radius 1 is 0.952 bits per heavy atom. The highest BCUT2D eigenvalue weighted by Gasteiger charge is 2.20. The molecule has 2 aromatic carbocycles. The summed E-state index contributed by atoms with van der Waals surface area (Å²) in [7, 11) is 3.76. The first-order valence-corrected chi connectivity index (χ1v) is 7.45. The molecular formula is C19H25NO. The number of hydrogen-bond donors (Lipinski definition) is 1. The Morgan fingerprint density at radius 3 is 2.00 bits per heavy atom. The van der Waals surface area contributed by atoms with Gasteiger partial charge in [-0.15, -0.1) is 0 Å². The molecule has 0 aromatic heterocycles. The highest BCUT2D eigenvalue weighted by atomic mass is 16.5. The zero-order chi connectivity index (χ0) is 15.4. The SMILES string of the molecule is CNC(c1cc(C)c(OC)c(C)c1)C(C)c1ccccc1. The zero-order valence-electron chi connectivity index (χ0n) is 13.6. The minimum absolute atomic E-state index is 0.288. The maximum absolute atomic E-state index is 5.47. The number of benzene rings is 2. The molecule has 0 aliphatic heterocycles. The predicted molar refractivity (Wildman–Crippen MR) is 89.1 cm³/mol. The average molecular weight is 283 g/mol. The third-order valence-electron chi connectivity index (χ3n) is 4.18. The van der Waals surface area contributed by atoms with Gasteiger partial charge in [-0.2, -0.15) is 0 Å². The maximum atomic E-state index is 5.47. The van der Waals surface area contributed by atoms with E-state index >= 15 is 0 Å². The Bertz CT molecular complexity index is 569. The fourth-order valence-corrected chi connectivity index (χ4v) is 3.14. The molecule has 0 heterocycles. The second kappa shape index (κ2) is 6.77. The Balaban J connectivity index is 2.38. The summed E-state index contributed by atoms with van der Waals surface area (Å²) in [6, 6.07) is 15.4. The van der Waals surface area contributed by atoms with Crippen LogP contribution in [0, 0.1) is 13.8 Å². The predicted octanol–water partition coefficient (Wildman–Crippen LogP) is 4.38. The topological polar surface area (TPSA) is 21.3 Å². The van der Waals surface area contributed by atoms with E-state index in [1.54, 1.807) is 7.11 Å². The Labute approximate surface area is 128 Å². The van der Waals surface area contributed by atoms with Crippen LogP contribution in [-0.4, -0.2) is 14.2 Å². The lowest BCUT2D eigenvalue weighted by Crippen LogP contribution is -2.22. The molecule has 2 rings (SSSR count). The summed E-state index contributed by atoms with van der Waals surface area (Å²) in [4.78, 5) is 0. The van der Waals surface area contributed by atoms with Crippen molar-refractivity contribution in [2.45, 2.75) is 32.7 Å². The van der Waals surface area contributed by atoms with Crippen LogP contribution in [0.5, 0.6) is 5.75 Å². The summed E-state index contributed by atoms with van der Waals surface area (Å²) >= 11 is 0. The molecule has 0 amide bonds. The molecule has 2 atom stereocenters. The van der Waals surface area contributed by atoms with E-state index < -0.39 is 0 Å². The number of likely N-dealkylation sites (N-methyl/N-ethyl adjacent to an activating group) is 1. The number of methoxy groups -OCH3 is 1. The molecular weight excluding hydrogens is 258 g/mol. The minimum atomic E-state index is 0.288. The Hall–Kier alpha value is -1.80. The second-order valence-electron chi connectivity index (χ2n) is 5.65. The lowest BCUT2D eigenvalue weighted by molar-refractivity contribution is 0.407. The average Bonchev–Trinajstić information content (AvgIpc) is 2.48. The quantitative estimate of drug-likeness (QED) is 0.879. The number of hydrogen-bond acceptors (Lipinski definition) is 2. The van der Waals surface area contributed by atoms with Crippen molar-refractivity contribution in [2.75, 3.05) is 14.2 Å². The molecule has 2 nitrogen and oxygen atoms in total. The van der Waals surface area contributed by atoms with Gasteiger partial charge in [-0.1, -0.05) is 49.4 Å². The van der Waals surface area contributed by atoms with Gasteiger partial charge in [0, 0.05) is 12.0 Å². The smallest absolute Gasteiger partial charge is 0.124 e. The van der Waals surface area contributed by atoms with E-state index in [1.807, 2.05) is 7.05 Å². The molecule has 0 bridgehead atoms. The lowest BCUT2D eigenvalue weighted by atomic mass is 9.87. The molecule has 0 fully saturated rings. The molecule has 0 saturated heterocycles. The number of nitrogens with one attached hydrogen (secondary N) is 1. The molecule has 0 aliphatic rings. The van der Waals surface area contributed by atoms with Gasteiger partial charge < -0.3 is 10.1 Å². The molecule has 0 radical (unpaired) electrons. The van der Waals surface area contributed by atoms with Gasteiger partial charge in [0.25, 0.3) is 0 Å². The first-order chi connectivity index (χ1) is 10.1. The van der Waals surface area contributed by atoms with Gasteiger partial charge in [0.2, 0.25) is 0 Å². The first-order valence-electron chi connectivity index (χ1n) is 7.45. The van der Waals surface area contributed by atoms with Crippen LogP contribution in [0.4, 0.5) is 0 Å². The molecule has 21 heavy (non-hydrogen) atoms. The second-order valence-corrected chi connectivity index (χ2v) is 5.65. The van der Waals surface area contributed by atoms with Crippen molar-refractivity contribution in [3.63, 3.8) is 0 Å². The van der Waals surface area contributed by atoms with Crippen LogP contribution in [0.25, 0.3) is 0 Å². The Kier molecular flexibility index (Phi) is 5.03. The van der Waals surface area contributed by atoms with Crippen LogP contribution in [0.2, 0.25) is 0 Å². The van der Waals surface area contributed by atoms with Gasteiger partial charge in [0.05, 0.1) is 7.11 Å². The van der Waals surface area contributed by atoms with Crippen LogP contribution >= 0.6 is 0 Å². The van der Waals surface area contributed by atoms with Crippen molar-refractivity contribution in [3.8, 4) is 5.75 Å². The fourth-order valence-electron chi connectivity index (χ4n) is 3.14. The van der Waals surface area contributed by atoms with Crippen molar-refractivity contribution in [1.82, 2.24) is 5.32 Å². The molecule has 0 saturated carbocycles. The third kappa shape index (κ3) is 3.27. The van der Waals surface area contributed by atoms with Gasteiger partial charge >= 0.3 is 0 Å². The van der Waals surface area contributed by atoms with Crippen LogP contribution < -0.4 is 10.1 Å². The first kappa shape index (κ1) is 15.6. The van der Waals surface area contributed by atoms with Gasteiger partial charge in [0.1, 0.15) is 5.75 Å². The monoisotopic (exact) mass is 283 g/mol. The van der Waals surface area contributed by atoms with Crippen LogP contribution in [0.3, 0.4) is 0 Å². The summed E-state index contributed by atoms with van der Waals surface area (Å²) in [6.07, 6.45) is 0. The molecule has 2 heteroatoms. The maximum Gasteiger partial charge on any atom is 0.124 e. The number of aryl methyl sites for hydroxylation is 2. The highest BCUT2D eigenvalue weighted by molar-refractivity contribution is 5.45. The van der Waals surface area contributed by atoms with Gasteiger partial charge in [-0.25, -0.2) is 0 Å². The summed E-state index contributed by atoms with van der Waals surface area (Å²) in [6.45, 7) is 6.48. The van der Waals surface area contributed by atoms with Crippen molar-refractivity contribution in [2.24, 2.45) is 0 Å². The van der Waals surface area contributed by atoms with Crippen molar-refractivity contribution >= 4 is 0 Å². The molecule has 0 spiro atoms. The van der Waals surface area contributed by atoms with E-state index in [2.05, 4.69) is 68.6 Å². The minimum Gasteiger partial charge on any atom is -0.496 e. The summed E-state index contributed by atoms with van der Waals surface area (Å²) in [5.74, 6) is 1.39. The lowest BCUT2D eigenvalue weighted by Gasteiger charge is -2.26. The van der Waals surface area contributed by atoms with E-state index in [4.69, 9.17) is 4.74 Å². The molecule has 0 aliphatic carbocycles. The van der Waals surface area contributed by atoms with Crippen LogP contribution in [-0.2, 0) is 0 Å². The summed E-state index contributed by atoms with van der Waals surface area (Å²) < 4.78 is 5.47. The van der Waals surface area contributed by atoms with E-state index in [-0.39, 0.29) is 6.04 Å². The van der Waals surface area contributed by atoms with Gasteiger partial charge in [-0.3, -0.25) is 0 Å². The molecule has 1 N–H and O–H groups in total. The zero-order valence-corrected chi connectivity index (χ0v) is 13.6. The fraction of sp³-hybridized carbons (Fsp3) is 0.368. The normalized spacial score (nSPS) is 13.8. The third-order valence-corrected chi connectivity index (χ3v) is 4.18. The summed E-state index contributed by atoms with van der Waals surface area (Å²) in [5, 5.41) is 3.47. The number of ether oxygens (including phenoxy) is 1. The molecule has 112 valence electrons.